The second-order valence-electron chi connectivity index (χ2n) is 5.97. The molecule has 3 rings (SSSR count). The molecule has 11 heteroatoms. The molecular weight excluding hydrogens is 765 g/mol. The van der Waals surface area contributed by atoms with Gasteiger partial charge in [-0.1, -0.05) is 12.1 Å². The van der Waals surface area contributed by atoms with Crippen LogP contribution in [0.4, 0.5) is 0 Å². The van der Waals surface area contributed by atoms with Crippen LogP contribution < -0.4 is 9.47 Å². The Hall–Kier alpha value is -1.30. The van der Waals surface area contributed by atoms with Gasteiger partial charge in [0, 0.05) is 10.7 Å². The Morgan fingerprint density at radius 1 is 0.742 bits per heavy atom. The minimum Gasteiger partial charge on any atom is -0.423 e. The average Bonchev–Trinajstić information content (AvgIpc) is 2.68. The maximum Gasteiger partial charge on any atom is 0.344 e. The smallest absolute Gasteiger partial charge is 0.344 e. The van der Waals surface area contributed by atoms with E-state index in [2.05, 4.69) is 22.6 Å². The molecule has 3 aromatic rings. The summed E-state index contributed by atoms with van der Waals surface area (Å²) in [5.41, 5.74) is 0.00637. The van der Waals surface area contributed by atoms with Gasteiger partial charge in [-0.25, -0.2) is 9.59 Å². The molecule has 160 valence electrons. The van der Waals surface area contributed by atoms with Crippen molar-refractivity contribution in [1.29, 1.82) is 0 Å². The molecule has 1 N–H and O–H groups in total. The van der Waals surface area contributed by atoms with Crippen molar-refractivity contribution >= 4 is 89.8 Å². The van der Waals surface area contributed by atoms with Gasteiger partial charge >= 0.3 is 11.9 Å². The molecule has 0 aliphatic heterocycles. The number of carbonyl (C=O) groups is 2. The van der Waals surface area contributed by atoms with E-state index in [0.29, 0.717) is 5.75 Å². The number of rotatable bonds is 5. The zero-order chi connectivity index (χ0) is 22.8. The van der Waals surface area contributed by atoms with Gasteiger partial charge in [0.05, 0.1) is 11.1 Å². The van der Waals surface area contributed by atoms with Crippen LogP contribution in [0.2, 0.25) is 0 Å². The van der Waals surface area contributed by atoms with Gasteiger partial charge in [-0.3, -0.25) is 4.55 Å². The van der Waals surface area contributed by atoms with E-state index < -0.39 is 22.1 Å². The molecule has 0 fully saturated rings. The molecule has 3 aromatic carbocycles. The summed E-state index contributed by atoms with van der Waals surface area (Å²) < 4.78 is 44.4. The van der Waals surface area contributed by atoms with Crippen LogP contribution in [0.3, 0.4) is 0 Å². The van der Waals surface area contributed by atoms with Gasteiger partial charge in [-0.2, -0.15) is 8.42 Å². The first-order valence-electron chi connectivity index (χ1n) is 8.32. The highest BCUT2D eigenvalue weighted by Gasteiger charge is 2.23. The molecule has 0 bridgehead atoms. The van der Waals surface area contributed by atoms with E-state index in [1.807, 2.05) is 0 Å². The molecule has 0 radical (unpaired) electrons. The molecule has 0 unspecified atom stereocenters. The molecule has 7 nitrogen and oxygen atoms in total. The highest BCUT2D eigenvalue weighted by molar-refractivity contribution is 14.1. The topological polar surface area (TPSA) is 107 Å². The van der Waals surface area contributed by atoms with E-state index in [1.54, 1.807) is 81.6 Å². The van der Waals surface area contributed by atoms with Gasteiger partial charge in [0.1, 0.15) is 16.4 Å². The Bertz CT molecular complexity index is 1250. The first kappa shape index (κ1) is 24.3. The molecule has 0 atom stereocenters. The Kier molecular flexibility index (Phi) is 7.93. The molecule has 0 amide bonds. The van der Waals surface area contributed by atoms with Crippen LogP contribution >= 0.6 is 67.8 Å². The second kappa shape index (κ2) is 10.1. The van der Waals surface area contributed by atoms with Crippen LogP contribution in [0, 0.1) is 10.7 Å². The van der Waals surface area contributed by atoms with Crippen LogP contribution in [0.5, 0.6) is 11.5 Å². The fourth-order valence-corrected chi connectivity index (χ4v) is 6.86. The SMILES string of the molecule is O=C(Oc1ccc(I)cc1)c1ccccc1C(=O)Oc1cc(I)c(S(=O)(=O)O)c(I)c1. The van der Waals surface area contributed by atoms with Gasteiger partial charge in [0.15, 0.2) is 0 Å². The van der Waals surface area contributed by atoms with Gasteiger partial charge in [0.2, 0.25) is 0 Å². The summed E-state index contributed by atoms with van der Waals surface area (Å²) in [4.78, 5) is 25.1. The lowest BCUT2D eigenvalue weighted by molar-refractivity contribution is 0.0692. The van der Waals surface area contributed by atoms with Gasteiger partial charge in [-0.15, -0.1) is 0 Å². The van der Waals surface area contributed by atoms with E-state index >= 15 is 0 Å². The third kappa shape index (κ3) is 6.15. The van der Waals surface area contributed by atoms with E-state index in [1.165, 1.54) is 24.3 Å². The summed E-state index contributed by atoms with van der Waals surface area (Å²) in [6.45, 7) is 0. The normalized spacial score (nSPS) is 11.1. The molecule has 0 aliphatic rings. The summed E-state index contributed by atoms with van der Waals surface area (Å²) in [5.74, 6) is -1.15. The molecule has 0 saturated heterocycles. The van der Waals surface area contributed by atoms with Crippen molar-refractivity contribution in [2.45, 2.75) is 4.90 Å². The Labute approximate surface area is 218 Å². The van der Waals surface area contributed by atoms with Crippen LogP contribution in [-0.2, 0) is 10.1 Å². The van der Waals surface area contributed by atoms with E-state index in [-0.39, 0.29) is 28.9 Å². The van der Waals surface area contributed by atoms with Gasteiger partial charge < -0.3 is 9.47 Å². The fraction of sp³-hybridized carbons (Fsp3) is 0. The highest BCUT2D eigenvalue weighted by Crippen LogP contribution is 2.30. The fourth-order valence-electron chi connectivity index (χ4n) is 2.51. The minimum absolute atomic E-state index is 0.0121. The standard InChI is InChI=1S/C20H11I3O7S/c21-11-5-7-12(8-6-11)29-19(24)14-3-1-2-4-15(14)20(25)30-13-9-16(22)18(17(23)10-13)31(26,27)28/h1-10H,(H,26,27,28). The third-order valence-electron chi connectivity index (χ3n) is 3.83. The quantitative estimate of drug-likeness (QED) is 0.165. The van der Waals surface area contributed by atoms with Crippen molar-refractivity contribution in [2.75, 3.05) is 0 Å². The molecule has 0 aromatic heterocycles. The Balaban J connectivity index is 1.86. The number of hydrogen-bond donors (Lipinski definition) is 1. The Morgan fingerprint density at radius 2 is 1.19 bits per heavy atom. The van der Waals surface area contributed by atoms with E-state index in [4.69, 9.17) is 9.47 Å². The van der Waals surface area contributed by atoms with Crippen molar-refractivity contribution in [3.05, 3.63) is 82.5 Å². The third-order valence-corrected chi connectivity index (χ3v) is 7.94. The highest BCUT2D eigenvalue weighted by atomic mass is 127. The average molecular weight is 776 g/mol. The predicted molar refractivity (Wildman–Crippen MR) is 137 cm³/mol. The number of halogens is 3. The summed E-state index contributed by atoms with van der Waals surface area (Å²) in [6, 6.07) is 15.5. The van der Waals surface area contributed by atoms with Crippen LogP contribution in [0.1, 0.15) is 20.7 Å². The molecule has 0 aliphatic carbocycles. The molecule has 0 spiro atoms. The van der Waals surface area contributed by atoms with Crippen LogP contribution in [-0.4, -0.2) is 24.9 Å². The molecule has 31 heavy (non-hydrogen) atoms. The van der Waals surface area contributed by atoms with Crippen molar-refractivity contribution in [3.63, 3.8) is 0 Å². The summed E-state index contributed by atoms with van der Waals surface area (Å²) >= 11 is 5.57. The zero-order valence-electron chi connectivity index (χ0n) is 15.2. The Morgan fingerprint density at radius 3 is 1.65 bits per heavy atom. The lowest BCUT2D eigenvalue weighted by atomic mass is 10.1. The maximum atomic E-state index is 12.7. The van der Waals surface area contributed by atoms with E-state index in [9.17, 15) is 22.6 Å². The maximum absolute atomic E-state index is 12.7. The van der Waals surface area contributed by atoms with Crippen molar-refractivity contribution < 1.29 is 32.0 Å². The van der Waals surface area contributed by atoms with Crippen LogP contribution in [0.25, 0.3) is 0 Å². The number of esters is 2. The van der Waals surface area contributed by atoms with Gasteiger partial charge in [-0.05, 0) is 116 Å². The van der Waals surface area contributed by atoms with Crippen molar-refractivity contribution in [2.24, 2.45) is 0 Å². The largest absolute Gasteiger partial charge is 0.423 e. The first-order chi connectivity index (χ1) is 14.6. The number of carbonyl (C=O) groups excluding carboxylic acids is 2. The van der Waals surface area contributed by atoms with Gasteiger partial charge in [0.25, 0.3) is 10.1 Å². The lowest BCUT2D eigenvalue weighted by Gasteiger charge is -2.11. The summed E-state index contributed by atoms with van der Waals surface area (Å²) in [5, 5.41) is 0. The number of hydrogen-bond acceptors (Lipinski definition) is 6. The number of benzene rings is 3. The number of ether oxygens (including phenoxy) is 2. The molecule has 0 heterocycles. The first-order valence-corrected chi connectivity index (χ1v) is 13.0. The molecular formula is C20H11I3O7S. The predicted octanol–water partition coefficient (Wildman–Crippen LogP) is 5.19. The second-order valence-corrected chi connectivity index (χ2v) is 10.9. The lowest BCUT2D eigenvalue weighted by Crippen LogP contribution is -2.17. The van der Waals surface area contributed by atoms with Crippen molar-refractivity contribution in [3.8, 4) is 11.5 Å². The monoisotopic (exact) mass is 776 g/mol. The minimum atomic E-state index is -4.43. The molecule has 0 saturated carbocycles. The van der Waals surface area contributed by atoms with Crippen molar-refractivity contribution in [1.82, 2.24) is 0 Å². The zero-order valence-corrected chi connectivity index (χ0v) is 22.5. The summed E-state index contributed by atoms with van der Waals surface area (Å²) in [6.07, 6.45) is 0. The van der Waals surface area contributed by atoms with Crippen LogP contribution in [0.15, 0.2) is 65.6 Å². The summed E-state index contributed by atoms with van der Waals surface area (Å²) in [7, 11) is -4.43. The van der Waals surface area contributed by atoms with E-state index in [0.717, 1.165) is 3.57 Å².